The molecule has 1 N–H and O–H groups in total. The second-order valence-electron chi connectivity index (χ2n) is 12.3. The third-order valence-corrected chi connectivity index (χ3v) is 9.89. The van der Waals surface area contributed by atoms with Gasteiger partial charge in [0, 0.05) is 23.9 Å². The number of carboxylic acids is 1. The second kappa shape index (κ2) is 9.84. The van der Waals surface area contributed by atoms with E-state index in [1.165, 1.54) is 24.3 Å². The number of carboxylic acid groups (broad SMARTS) is 1. The zero-order valence-electron chi connectivity index (χ0n) is 22.7. The summed E-state index contributed by atoms with van der Waals surface area (Å²) in [6.07, 6.45) is -1.30. The van der Waals surface area contributed by atoms with Crippen molar-refractivity contribution in [3.8, 4) is 0 Å². The van der Waals surface area contributed by atoms with Crippen molar-refractivity contribution in [2.45, 2.75) is 88.5 Å². The molecule has 1 heterocycles. The van der Waals surface area contributed by atoms with E-state index in [1.807, 2.05) is 4.90 Å². The van der Waals surface area contributed by atoms with Crippen LogP contribution >= 0.6 is 0 Å². The lowest BCUT2D eigenvalue weighted by atomic mass is 9.63. The number of likely N-dealkylation sites (tertiary alicyclic amines) is 1. The highest BCUT2D eigenvalue weighted by atomic mass is 19.4. The van der Waals surface area contributed by atoms with Crippen molar-refractivity contribution in [2.24, 2.45) is 11.3 Å². The van der Waals surface area contributed by atoms with Gasteiger partial charge in [0.05, 0.1) is 5.41 Å². The summed E-state index contributed by atoms with van der Waals surface area (Å²) < 4.78 is 69.0. The Morgan fingerprint density at radius 2 is 1.65 bits per heavy atom. The SMILES string of the molecule is CC(F)(c1ccc2c(c1)CC[C@H]1N(C(=O)[C@H]3CC[C@](C)(C(=O)O)CC3)CC[C@@]21Cc1ccc(F)cc1)C(F)(F)F. The fourth-order valence-electron chi connectivity index (χ4n) is 7.20. The Balaban J connectivity index is 1.49. The predicted octanol–water partition coefficient (Wildman–Crippen LogP) is 6.88. The Labute approximate surface area is 230 Å². The molecule has 9 heteroatoms. The minimum absolute atomic E-state index is 0.00750. The van der Waals surface area contributed by atoms with Gasteiger partial charge in [0.1, 0.15) is 5.82 Å². The number of hydrogen-bond acceptors (Lipinski definition) is 2. The third-order valence-electron chi connectivity index (χ3n) is 9.89. The molecular formula is C31H34F5NO3. The van der Waals surface area contributed by atoms with E-state index in [2.05, 4.69) is 0 Å². The summed E-state index contributed by atoms with van der Waals surface area (Å²) in [4.78, 5) is 27.4. The first kappa shape index (κ1) is 28.6. The van der Waals surface area contributed by atoms with E-state index in [0.717, 1.165) is 11.1 Å². The molecule has 40 heavy (non-hydrogen) atoms. The van der Waals surface area contributed by atoms with Crippen molar-refractivity contribution in [1.29, 1.82) is 0 Å². The van der Waals surface area contributed by atoms with Crippen LogP contribution in [0.3, 0.4) is 0 Å². The molecule has 2 aromatic rings. The molecule has 1 unspecified atom stereocenters. The van der Waals surface area contributed by atoms with Crippen molar-refractivity contribution >= 4 is 11.9 Å². The molecule has 4 nitrogen and oxygen atoms in total. The maximum atomic E-state index is 14.9. The van der Waals surface area contributed by atoms with Gasteiger partial charge < -0.3 is 10.0 Å². The minimum atomic E-state index is -5.06. The molecule has 2 fully saturated rings. The molecule has 1 saturated heterocycles. The molecule has 5 rings (SSSR count). The van der Waals surface area contributed by atoms with Gasteiger partial charge in [0.15, 0.2) is 0 Å². The van der Waals surface area contributed by atoms with Crippen LogP contribution in [0.4, 0.5) is 22.0 Å². The van der Waals surface area contributed by atoms with E-state index in [4.69, 9.17) is 0 Å². The highest BCUT2D eigenvalue weighted by Gasteiger charge is 2.56. The number of carbonyl (C=O) groups is 2. The lowest BCUT2D eigenvalue weighted by molar-refractivity contribution is -0.228. The number of nitrogens with zero attached hydrogens (tertiary/aromatic N) is 1. The lowest BCUT2D eigenvalue weighted by Crippen LogP contribution is -2.51. The maximum Gasteiger partial charge on any atom is 0.426 e. The highest BCUT2D eigenvalue weighted by Crippen LogP contribution is 2.52. The number of hydrogen-bond donors (Lipinski definition) is 1. The van der Waals surface area contributed by atoms with E-state index in [9.17, 15) is 36.6 Å². The van der Waals surface area contributed by atoms with Crippen LogP contribution in [0, 0.1) is 17.2 Å². The van der Waals surface area contributed by atoms with Crippen molar-refractivity contribution in [2.75, 3.05) is 6.54 Å². The fourth-order valence-corrected chi connectivity index (χ4v) is 7.20. The van der Waals surface area contributed by atoms with Gasteiger partial charge in [-0.1, -0.05) is 30.3 Å². The summed E-state index contributed by atoms with van der Waals surface area (Å²) in [6.45, 7) is 2.71. The van der Waals surface area contributed by atoms with Gasteiger partial charge in [0.2, 0.25) is 11.6 Å². The van der Waals surface area contributed by atoms with E-state index < -0.39 is 34.2 Å². The number of rotatable bonds is 5. The van der Waals surface area contributed by atoms with Crippen molar-refractivity contribution in [3.63, 3.8) is 0 Å². The fraction of sp³-hybridized carbons (Fsp3) is 0.548. The number of aliphatic carboxylic acids is 1. The van der Waals surface area contributed by atoms with E-state index in [-0.39, 0.29) is 23.7 Å². The third kappa shape index (κ3) is 4.69. The summed E-state index contributed by atoms with van der Waals surface area (Å²) in [5.41, 5.74) is -3.08. The molecule has 0 radical (unpaired) electrons. The summed E-state index contributed by atoms with van der Waals surface area (Å²) >= 11 is 0. The molecular weight excluding hydrogens is 529 g/mol. The first-order valence-corrected chi connectivity index (χ1v) is 13.9. The van der Waals surface area contributed by atoms with Crippen LogP contribution in [0.1, 0.15) is 74.6 Å². The zero-order chi connectivity index (χ0) is 29.1. The predicted molar refractivity (Wildman–Crippen MR) is 139 cm³/mol. The van der Waals surface area contributed by atoms with Gasteiger partial charge in [-0.2, -0.15) is 13.2 Å². The van der Waals surface area contributed by atoms with Crippen LogP contribution in [-0.2, 0) is 33.5 Å². The number of alkyl halides is 4. The molecule has 3 atom stereocenters. The van der Waals surface area contributed by atoms with Crippen LogP contribution in [-0.4, -0.2) is 40.6 Å². The maximum absolute atomic E-state index is 14.9. The molecule has 0 bridgehead atoms. The summed E-state index contributed by atoms with van der Waals surface area (Å²) in [5, 5.41) is 9.58. The molecule has 216 valence electrons. The largest absolute Gasteiger partial charge is 0.481 e. The minimum Gasteiger partial charge on any atom is -0.481 e. The molecule has 3 aliphatic rings. The summed E-state index contributed by atoms with van der Waals surface area (Å²) in [5.74, 6) is -1.52. The zero-order valence-corrected chi connectivity index (χ0v) is 22.7. The Hall–Kier alpha value is -2.97. The van der Waals surface area contributed by atoms with Gasteiger partial charge in [0.25, 0.3) is 0 Å². The second-order valence-corrected chi connectivity index (χ2v) is 12.3. The van der Waals surface area contributed by atoms with Gasteiger partial charge in [-0.3, -0.25) is 9.59 Å². The standard InChI is InChI=1S/C31H34F5NO3/c1-28(27(39)40)13-11-20(12-14-28)26(38)37-16-15-30(18-19-3-7-23(32)8-4-19)24-9-6-22(29(2,33)31(34,35)36)17-21(24)5-10-25(30)37/h3-4,6-9,17,20,25H,5,10-16,18H2,1-2H3,(H,39,40)/t20-,25-,28-,29?,30-/m1/s1. The van der Waals surface area contributed by atoms with Crippen LogP contribution < -0.4 is 0 Å². The molecule has 1 aliphatic heterocycles. The molecule has 1 amide bonds. The average molecular weight is 564 g/mol. The molecule has 2 aromatic carbocycles. The van der Waals surface area contributed by atoms with Crippen LogP contribution in [0.25, 0.3) is 0 Å². The quantitative estimate of drug-likeness (QED) is 0.404. The molecule has 0 aromatic heterocycles. The number of benzene rings is 2. The van der Waals surface area contributed by atoms with Crippen LogP contribution in [0.2, 0.25) is 0 Å². The first-order valence-electron chi connectivity index (χ1n) is 13.9. The van der Waals surface area contributed by atoms with E-state index in [1.54, 1.807) is 25.1 Å². The summed E-state index contributed by atoms with van der Waals surface area (Å²) in [6, 6.07) is 10.0. The van der Waals surface area contributed by atoms with Crippen LogP contribution in [0.5, 0.6) is 0 Å². The van der Waals surface area contributed by atoms with Crippen LogP contribution in [0.15, 0.2) is 42.5 Å². The van der Waals surface area contributed by atoms with Crippen molar-refractivity contribution in [3.05, 3.63) is 70.5 Å². The molecule has 1 saturated carbocycles. The normalized spacial score (nSPS) is 29.8. The van der Waals surface area contributed by atoms with Crippen molar-refractivity contribution in [1.82, 2.24) is 4.90 Å². The topological polar surface area (TPSA) is 57.6 Å². The Morgan fingerprint density at radius 1 is 1.00 bits per heavy atom. The smallest absolute Gasteiger partial charge is 0.426 e. The number of halogens is 5. The Morgan fingerprint density at radius 3 is 2.25 bits per heavy atom. The molecule has 0 spiro atoms. The highest BCUT2D eigenvalue weighted by molar-refractivity contribution is 5.81. The van der Waals surface area contributed by atoms with Gasteiger partial charge in [-0.25, -0.2) is 8.78 Å². The van der Waals surface area contributed by atoms with Gasteiger partial charge >= 0.3 is 12.1 Å². The van der Waals surface area contributed by atoms with E-state index >= 15 is 0 Å². The Kier molecular flexibility index (Phi) is 7.02. The molecule has 2 aliphatic carbocycles. The summed E-state index contributed by atoms with van der Waals surface area (Å²) in [7, 11) is 0. The lowest BCUT2D eigenvalue weighted by Gasteiger charge is -2.45. The van der Waals surface area contributed by atoms with E-state index in [0.29, 0.717) is 70.4 Å². The average Bonchev–Trinajstić information content (AvgIpc) is 3.28. The monoisotopic (exact) mass is 563 g/mol. The van der Waals surface area contributed by atoms with Crippen molar-refractivity contribution < 1.29 is 36.6 Å². The number of amides is 1. The number of carbonyl (C=O) groups excluding carboxylic acids is 1. The number of aryl methyl sites for hydroxylation is 1. The Bertz CT molecular complexity index is 1300. The van der Waals surface area contributed by atoms with Gasteiger partial charge in [-0.15, -0.1) is 0 Å². The first-order chi connectivity index (χ1) is 18.7. The van der Waals surface area contributed by atoms with Gasteiger partial charge in [-0.05, 0) is 99.6 Å². The number of fused-ring (bicyclic) bond motifs is 3.